The molecule has 0 amide bonds. The molecule has 1 rings (SSSR count). The van der Waals surface area contributed by atoms with E-state index in [9.17, 15) is 13.2 Å². The van der Waals surface area contributed by atoms with Gasteiger partial charge in [-0.2, -0.15) is 0 Å². The Balaban J connectivity index is 2.71. The Morgan fingerprint density at radius 3 is 2.67 bits per heavy atom. The number of hydrogen-bond donors (Lipinski definition) is 1. The summed E-state index contributed by atoms with van der Waals surface area (Å²) in [5.41, 5.74) is 0.804. The van der Waals surface area contributed by atoms with Crippen LogP contribution < -0.4 is 10.1 Å². The van der Waals surface area contributed by atoms with E-state index in [1.165, 1.54) is 6.07 Å². The van der Waals surface area contributed by atoms with Crippen molar-refractivity contribution in [2.45, 2.75) is 25.9 Å². The third-order valence-electron chi connectivity index (χ3n) is 2.08. The van der Waals surface area contributed by atoms with Crippen molar-refractivity contribution in [3.63, 3.8) is 0 Å². The monoisotopic (exact) mass is 321 g/mol. The average molecular weight is 322 g/mol. The van der Waals surface area contributed by atoms with E-state index in [2.05, 4.69) is 31.9 Å². The summed E-state index contributed by atoms with van der Waals surface area (Å²) >= 11 is 3.03. The molecule has 0 aliphatic carbocycles. The third-order valence-corrected chi connectivity index (χ3v) is 2.70. The van der Waals surface area contributed by atoms with Gasteiger partial charge in [-0.1, -0.05) is 12.0 Å². The van der Waals surface area contributed by atoms with Gasteiger partial charge in [-0.05, 0) is 40.5 Å². The summed E-state index contributed by atoms with van der Waals surface area (Å²) in [4.78, 5) is 0. The lowest BCUT2D eigenvalue weighted by atomic mass is 10.2. The largest absolute Gasteiger partial charge is 0.573 e. The molecule has 1 aromatic rings. The SMILES string of the molecule is C#CC(C)NCc1ccc(OC(F)(F)F)c(Br)c1. The van der Waals surface area contributed by atoms with E-state index in [4.69, 9.17) is 6.42 Å². The molecule has 0 aromatic heterocycles. The molecule has 0 spiro atoms. The first-order valence-corrected chi connectivity index (χ1v) is 5.85. The molecule has 0 heterocycles. The van der Waals surface area contributed by atoms with Gasteiger partial charge in [0.2, 0.25) is 0 Å². The third kappa shape index (κ3) is 4.98. The maximum atomic E-state index is 12.0. The topological polar surface area (TPSA) is 21.3 Å². The molecule has 0 saturated carbocycles. The zero-order valence-electron chi connectivity index (χ0n) is 9.51. The van der Waals surface area contributed by atoms with Crippen molar-refractivity contribution in [3.8, 4) is 18.1 Å². The first kappa shape index (κ1) is 14.9. The first-order chi connectivity index (χ1) is 8.31. The van der Waals surface area contributed by atoms with Gasteiger partial charge in [0.1, 0.15) is 5.75 Å². The Morgan fingerprint density at radius 1 is 1.50 bits per heavy atom. The molecule has 0 aliphatic rings. The van der Waals surface area contributed by atoms with E-state index in [1.807, 2.05) is 6.92 Å². The van der Waals surface area contributed by atoms with Gasteiger partial charge in [0.15, 0.2) is 0 Å². The summed E-state index contributed by atoms with van der Waals surface area (Å²) in [6.45, 7) is 2.28. The van der Waals surface area contributed by atoms with E-state index < -0.39 is 6.36 Å². The zero-order chi connectivity index (χ0) is 13.8. The molecule has 0 saturated heterocycles. The lowest BCUT2D eigenvalue weighted by molar-refractivity contribution is -0.274. The maximum Gasteiger partial charge on any atom is 0.573 e. The second-order valence-corrected chi connectivity index (χ2v) is 4.44. The number of alkyl halides is 3. The van der Waals surface area contributed by atoms with Crippen molar-refractivity contribution in [1.82, 2.24) is 5.32 Å². The molecular formula is C12H11BrF3NO. The van der Waals surface area contributed by atoms with Gasteiger partial charge in [-0.15, -0.1) is 19.6 Å². The highest BCUT2D eigenvalue weighted by Gasteiger charge is 2.31. The predicted octanol–water partition coefficient (Wildman–Crippen LogP) is 3.46. The van der Waals surface area contributed by atoms with Crippen LogP contribution in [0.4, 0.5) is 13.2 Å². The van der Waals surface area contributed by atoms with Crippen LogP contribution in [0.3, 0.4) is 0 Å². The fourth-order valence-corrected chi connectivity index (χ4v) is 1.70. The minimum atomic E-state index is -4.69. The number of halogens is 4. The molecule has 0 fully saturated rings. The quantitative estimate of drug-likeness (QED) is 0.857. The molecule has 98 valence electrons. The van der Waals surface area contributed by atoms with Crippen LogP contribution in [0.2, 0.25) is 0 Å². The molecule has 6 heteroatoms. The minimum absolute atomic E-state index is 0.102. The minimum Gasteiger partial charge on any atom is -0.405 e. The predicted molar refractivity (Wildman–Crippen MR) is 66.0 cm³/mol. The lowest BCUT2D eigenvalue weighted by Crippen LogP contribution is -2.23. The molecule has 1 N–H and O–H groups in total. The van der Waals surface area contributed by atoms with Crippen molar-refractivity contribution in [2.75, 3.05) is 0 Å². The summed E-state index contributed by atoms with van der Waals surface area (Å²) in [6.07, 6.45) is 0.499. The molecule has 1 atom stereocenters. The van der Waals surface area contributed by atoms with Crippen LogP contribution >= 0.6 is 15.9 Å². The van der Waals surface area contributed by atoms with Crippen LogP contribution in [0, 0.1) is 12.3 Å². The fraction of sp³-hybridized carbons (Fsp3) is 0.333. The Hall–Kier alpha value is -1.19. The van der Waals surface area contributed by atoms with Gasteiger partial charge in [0.25, 0.3) is 0 Å². The van der Waals surface area contributed by atoms with Crippen LogP contribution in [-0.4, -0.2) is 12.4 Å². The van der Waals surface area contributed by atoms with E-state index in [-0.39, 0.29) is 16.3 Å². The summed E-state index contributed by atoms with van der Waals surface area (Å²) in [5.74, 6) is 2.23. The first-order valence-electron chi connectivity index (χ1n) is 5.05. The van der Waals surface area contributed by atoms with Gasteiger partial charge in [0, 0.05) is 6.54 Å². The normalized spacial score (nSPS) is 12.9. The lowest BCUT2D eigenvalue weighted by Gasteiger charge is -2.12. The van der Waals surface area contributed by atoms with Gasteiger partial charge in [-0.3, -0.25) is 5.32 Å². The molecule has 2 nitrogen and oxygen atoms in total. The zero-order valence-corrected chi connectivity index (χ0v) is 11.1. The Morgan fingerprint density at radius 2 is 2.17 bits per heavy atom. The van der Waals surface area contributed by atoms with Crippen LogP contribution in [0.1, 0.15) is 12.5 Å². The Kier molecular flexibility index (Phi) is 5.05. The Labute approximate surface area is 112 Å². The smallest absolute Gasteiger partial charge is 0.405 e. The second kappa shape index (κ2) is 6.12. The number of hydrogen-bond acceptors (Lipinski definition) is 2. The molecule has 1 aromatic carbocycles. The van der Waals surface area contributed by atoms with E-state index in [0.717, 1.165) is 5.56 Å². The molecule has 1 unspecified atom stereocenters. The molecule has 0 bridgehead atoms. The van der Waals surface area contributed by atoms with Gasteiger partial charge in [0.05, 0.1) is 10.5 Å². The molecule has 0 radical (unpaired) electrons. The molecular weight excluding hydrogens is 311 g/mol. The summed E-state index contributed by atoms with van der Waals surface area (Å²) in [5, 5.41) is 3.02. The number of ether oxygens (including phenoxy) is 1. The number of nitrogens with one attached hydrogen (secondary N) is 1. The molecule has 0 aliphatic heterocycles. The van der Waals surface area contributed by atoms with Gasteiger partial charge >= 0.3 is 6.36 Å². The van der Waals surface area contributed by atoms with Gasteiger partial charge in [-0.25, -0.2) is 0 Å². The van der Waals surface area contributed by atoms with Crippen molar-refractivity contribution in [2.24, 2.45) is 0 Å². The van der Waals surface area contributed by atoms with E-state index in [1.54, 1.807) is 12.1 Å². The fourth-order valence-electron chi connectivity index (χ4n) is 1.19. The highest BCUT2D eigenvalue weighted by molar-refractivity contribution is 9.10. The van der Waals surface area contributed by atoms with Crippen molar-refractivity contribution in [3.05, 3.63) is 28.2 Å². The van der Waals surface area contributed by atoms with Crippen molar-refractivity contribution < 1.29 is 17.9 Å². The van der Waals surface area contributed by atoms with E-state index in [0.29, 0.717) is 6.54 Å². The average Bonchev–Trinajstić information content (AvgIpc) is 2.27. The van der Waals surface area contributed by atoms with Crippen molar-refractivity contribution >= 4 is 15.9 Å². The molecule has 18 heavy (non-hydrogen) atoms. The van der Waals surface area contributed by atoms with Crippen LogP contribution in [0.5, 0.6) is 5.75 Å². The number of benzene rings is 1. The van der Waals surface area contributed by atoms with Crippen molar-refractivity contribution in [1.29, 1.82) is 0 Å². The Bertz CT molecular complexity index is 454. The summed E-state index contributed by atoms with van der Waals surface area (Å²) in [7, 11) is 0. The van der Waals surface area contributed by atoms with Gasteiger partial charge < -0.3 is 4.74 Å². The second-order valence-electron chi connectivity index (χ2n) is 3.58. The highest BCUT2D eigenvalue weighted by Crippen LogP contribution is 2.30. The summed E-state index contributed by atoms with van der Waals surface area (Å²) < 4.78 is 40.2. The van der Waals surface area contributed by atoms with Crippen LogP contribution in [0.15, 0.2) is 22.7 Å². The highest BCUT2D eigenvalue weighted by atomic mass is 79.9. The summed E-state index contributed by atoms with van der Waals surface area (Å²) in [6, 6.07) is 4.25. The number of terminal acetylenes is 1. The van der Waals surface area contributed by atoms with Crippen LogP contribution in [-0.2, 0) is 6.54 Å². The maximum absolute atomic E-state index is 12.0. The standard InChI is InChI=1S/C12H11BrF3NO/c1-3-8(2)17-7-9-4-5-11(10(13)6-9)18-12(14,15)16/h1,4-6,8,17H,7H2,2H3. The number of rotatable bonds is 4. The van der Waals surface area contributed by atoms with E-state index >= 15 is 0 Å². The van der Waals surface area contributed by atoms with Crippen LogP contribution in [0.25, 0.3) is 0 Å².